The maximum Gasteiger partial charge on any atom is 0.256 e. The fraction of sp³-hybridized carbons (Fsp3) is 0.120. The van der Waals surface area contributed by atoms with E-state index in [0.717, 1.165) is 15.4 Å². The standard InChI is InChI=1S/C25H21BrN2O5/c1-31-19-12-15(13-20(32-2)24(19)33-3)25(30)28-21-17-6-4-5-7-18(17)27-22(21)23(29)14-8-10-16(26)11-9-14/h4-13,27H,1-3H3,(H,28,30). The fourth-order valence-corrected chi connectivity index (χ4v) is 3.85. The number of halogens is 1. The van der Waals surface area contributed by atoms with Crippen molar-refractivity contribution in [2.45, 2.75) is 0 Å². The molecule has 0 saturated heterocycles. The van der Waals surface area contributed by atoms with Gasteiger partial charge in [0.15, 0.2) is 11.5 Å². The molecule has 33 heavy (non-hydrogen) atoms. The molecule has 0 spiro atoms. The maximum atomic E-state index is 13.3. The van der Waals surface area contributed by atoms with Gasteiger partial charge in [-0.3, -0.25) is 9.59 Å². The molecule has 0 aliphatic rings. The first-order valence-corrected chi connectivity index (χ1v) is 10.8. The van der Waals surface area contributed by atoms with Gasteiger partial charge in [0.2, 0.25) is 11.5 Å². The molecule has 0 saturated carbocycles. The Labute approximate surface area is 198 Å². The Balaban J connectivity index is 1.77. The van der Waals surface area contributed by atoms with E-state index in [1.807, 2.05) is 24.3 Å². The van der Waals surface area contributed by atoms with Gasteiger partial charge >= 0.3 is 0 Å². The Kier molecular flexibility index (Phi) is 6.37. The lowest BCUT2D eigenvalue weighted by Crippen LogP contribution is -2.15. The molecule has 0 aliphatic heterocycles. The minimum absolute atomic E-state index is 0.237. The molecule has 3 aromatic carbocycles. The molecule has 0 atom stereocenters. The highest BCUT2D eigenvalue weighted by atomic mass is 79.9. The minimum Gasteiger partial charge on any atom is -0.493 e. The number of amides is 1. The van der Waals surface area contributed by atoms with Crippen LogP contribution in [0.4, 0.5) is 5.69 Å². The summed E-state index contributed by atoms with van der Waals surface area (Å²) in [5, 5.41) is 3.62. The van der Waals surface area contributed by atoms with Gasteiger partial charge in [-0.1, -0.05) is 34.1 Å². The molecule has 1 aromatic heterocycles. The quantitative estimate of drug-likeness (QED) is 0.324. The lowest BCUT2D eigenvalue weighted by molar-refractivity contribution is 0.102. The Hall–Kier alpha value is -3.78. The van der Waals surface area contributed by atoms with Gasteiger partial charge in [-0.05, 0) is 42.5 Å². The highest BCUT2D eigenvalue weighted by molar-refractivity contribution is 9.10. The Bertz CT molecular complexity index is 1320. The molecule has 168 valence electrons. The normalized spacial score (nSPS) is 10.7. The topological polar surface area (TPSA) is 89.7 Å². The van der Waals surface area contributed by atoms with E-state index in [-0.39, 0.29) is 11.3 Å². The summed E-state index contributed by atoms with van der Waals surface area (Å²) in [6, 6.07) is 17.6. The number of nitrogens with one attached hydrogen (secondary N) is 2. The van der Waals surface area contributed by atoms with Crippen LogP contribution >= 0.6 is 15.9 Å². The largest absolute Gasteiger partial charge is 0.493 e. The Morgan fingerprint density at radius 2 is 1.48 bits per heavy atom. The predicted octanol–water partition coefficient (Wildman–Crippen LogP) is 5.44. The monoisotopic (exact) mass is 508 g/mol. The molecule has 0 fully saturated rings. The van der Waals surface area contributed by atoms with Crippen LogP contribution in [-0.2, 0) is 0 Å². The molecule has 0 aliphatic carbocycles. The van der Waals surface area contributed by atoms with Gasteiger partial charge in [0, 0.05) is 26.5 Å². The summed E-state index contributed by atoms with van der Waals surface area (Å²) in [7, 11) is 4.45. The Morgan fingerprint density at radius 3 is 2.09 bits per heavy atom. The number of hydrogen-bond acceptors (Lipinski definition) is 5. The number of carbonyl (C=O) groups is 2. The molecular weight excluding hydrogens is 488 g/mol. The summed E-state index contributed by atoms with van der Waals surface area (Å²) in [5.74, 6) is 0.427. The van der Waals surface area contributed by atoms with Crippen molar-refractivity contribution in [1.29, 1.82) is 0 Å². The lowest BCUT2D eigenvalue weighted by atomic mass is 10.1. The minimum atomic E-state index is -0.427. The van der Waals surface area contributed by atoms with E-state index in [1.54, 1.807) is 36.4 Å². The number of ether oxygens (including phenoxy) is 3. The van der Waals surface area contributed by atoms with E-state index >= 15 is 0 Å². The highest BCUT2D eigenvalue weighted by Crippen LogP contribution is 2.39. The molecule has 4 aromatic rings. The van der Waals surface area contributed by atoms with E-state index in [0.29, 0.717) is 34.2 Å². The van der Waals surface area contributed by atoms with Crippen molar-refractivity contribution in [3.8, 4) is 17.2 Å². The second-order valence-electron chi connectivity index (χ2n) is 7.12. The van der Waals surface area contributed by atoms with E-state index < -0.39 is 5.91 Å². The number of aromatic amines is 1. The van der Waals surface area contributed by atoms with Crippen LogP contribution in [0.5, 0.6) is 17.2 Å². The number of ketones is 1. The number of para-hydroxylation sites is 1. The maximum absolute atomic E-state index is 13.3. The summed E-state index contributed by atoms with van der Waals surface area (Å²) < 4.78 is 16.9. The van der Waals surface area contributed by atoms with E-state index in [1.165, 1.54) is 21.3 Å². The zero-order chi connectivity index (χ0) is 23.5. The van der Waals surface area contributed by atoms with Crippen LogP contribution in [0.1, 0.15) is 26.4 Å². The van der Waals surface area contributed by atoms with Gasteiger partial charge in [-0.2, -0.15) is 0 Å². The summed E-state index contributed by atoms with van der Waals surface area (Å²) >= 11 is 3.38. The van der Waals surface area contributed by atoms with Gasteiger partial charge in [0.1, 0.15) is 5.69 Å². The summed E-state index contributed by atoms with van der Waals surface area (Å²) in [4.78, 5) is 29.7. The van der Waals surface area contributed by atoms with Gasteiger partial charge in [-0.15, -0.1) is 0 Å². The van der Waals surface area contributed by atoms with Crippen molar-refractivity contribution in [3.05, 3.63) is 82.0 Å². The van der Waals surface area contributed by atoms with Crippen LogP contribution in [0.15, 0.2) is 65.1 Å². The molecule has 0 bridgehead atoms. The van der Waals surface area contributed by atoms with Crippen LogP contribution in [0.25, 0.3) is 10.9 Å². The summed E-state index contributed by atoms with van der Waals surface area (Å²) in [5.41, 5.74) is 2.21. The molecule has 2 N–H and O–H groups in total. The van der Waals surface area contributed by atoms with Crippen molar-refractivity contribution >= 4 is 44.2 Å². The van der Waals surface area contributed by atoms with Crippen LogP contribution < -0.4 is 19.5 Å². The molecule has 1 heterocycles. The van der Waals surface area contributed by atoms with E-state index in [9.17, 15) is 9.59 Å². The van der Waals surface area contributed by atoms with Crippen LogP contribution in [0, 0.1) is 0 Å². The predicted molar refractivity (Wildman–Crippen MR) is 130 cm³/mol. The number of fused-ring (bicyclic) bond motifs is 1. The van der Waals surface area contributed by atoms with Crippen molar-refractivity contribution in [2.24, 2.45) is 0 Å². The number of methoxy groups -OCH3 is 3. The first-order chi connectivity index (χ1) is 16.0. The van der Waals surface area contributed by atoms with Gasteiger partial charge in [0.25, 0.3) is 5.91 Å². The molecule has 8 heteroatoms. The van der Waals surface area contributed by atoms with Crippen molar-refractivity contribution in [3.63, 3.8) is 0 Å². The number of benzene rings is 3. The molecule has 0 radical (unpaired) electrons. The fourth-order valence-electron chi connectivity index (χ4n) is 3.59. The third kappa shape index (κ3) is 4.29. The average molecular weight is 509 g/mol. The zero-order valence-corrected chi connectivity index (χ0v) is 19.8. The van der Waals surface area contributed by atoms with Gasteiger partial charge in [0.05, 0.1) is 27.0 Å². The van der Waals surface area contributed by atoms with Crippen LogP contribution in [0.2, 0.25) is 0 Å². The molecule has 7 nitrogen and oxygen atoms in total. The molecule has 1 amide bonds. The lowest BCUT2D eigenvalue weighted by Gasteiger charge is -2.14. The second-order valence-corrected chi connectivity index (χ2v) is 8.04. The SMILES string of the molecule is COc1cc(C(=O)Nc2c(C(=O)c3ccc(Br)cc3)[nH]c3ccccc23)cc(OC)c1OC. The molecule has 4 rings (SSSR count). The number of H-pyrrole nitrogens is 1. The average Bonchev–Trinajstić information content (AvgIpc) is 3.21. The number of rotatable bonds is 7. The summed E-state index contributed by atoms with van der Waals surface area (Å²) in [6.07, 6.45) is 0. The smallest absolute Gasteiger partial charge is 0.256 e. The Morgan fingerprint density at radius 1 is 0.848 bits per heavy atom. The number of aromatic nitrogens is 1. The first kappa shape index (κ1) is 22.4. The van der Waals surface area contributed by atoms with Crippen molar-refractivity contribution in [1.82, 2.24) is 4.98 Å². The van der Waals surface area contributed by atoms with Gasteiger partial charge < -0.3 is 24.5 Å². The number of carbonyl (C=O) groups excluding carboxylic acids is 2. The van der Waals surface area contributed by atoms with Gasteiger partial charge in [-0.25, -0.2) is 0 Å². The third-order valence-corrected chi connectivity index (χ3v) is 5.73. The second kappa shape index (κ2) is 9.38. The van der Waals surface area contributed by atoms with Crippen LogP contribution in [0.3, 0.4) is 0 Å². The molecule has 0 unspecified atom stereocenters. The van der Waals surface area contributed by atoms with E-state index in [2.05, 4.69) is 26.2 Å². The van der Waals surface area contributed by atoms with Crippen LogP contribution in [-0.4, -0.2) is 38.0 Å². The van der Waals surface area contributed by atoms with Crippen molar-refractivity contribution < 1.29 is 23.8 Å². The van der Waals surface area contributed by atoms with Crippen molar-refractivity contribution in [2.75, 3.05) is 26.6 Å². The summed E-state index contributed by atoms with van der Waals surface area (Å²) in [6.45, 7) is 0. The molecular formula is C25H21BrN2O5. The number of anilines is 1. The van der Waals surface area contributed by atoms with E-state index in [4.69, 9.17) is 14.2 Å². The third-order valence-electron chi connectivity index (χ3n) is 5.20. The zero-order valence-electron chi connectivity index (χ0n) is 18.2. The first-order valence-electron chi connectivity index (χ1n) is 9.99. The highest BCUT2D eigenvalue weighted by Gasteiger charge is 2.23. The number of hydrogen-bond donors (Lipinski definition) is 2.